The van der Waals surface area contributed by atoms with Crippen LogP contribution in [-0.4, -0.2) is 21.8 Å². The molecule has 2 rings (SSSR count). The molecule has 0 aromatic carbocycles. The highest BCUT2D eigenvalue weighted by molar-refractivity contribution is 9.10. The molecule has 1 N–H and O–H groups in total. The van der Waals surface area contributed by atoms with Gasteiger partial charge in [-0.2, -0.15) is 0 Å². The molecule has 1 aromatic heterocycles. The van der Waals surface area contributed by atoms with Crippen LogP contribution < -0.4 is 0 Å². The maximum Gasteiger partial charge on any atom is 0.217 e. The molecular weight excluding hydrogens is 210 g/mol. The molecule has 1 atom stereocenters. The van der Waals surface area contributed by atoms with Crippen LogP contribution in [0.15, 0.2) is 4.73 Å². The van der Waals surface area contributed by atoms with Gasteiger partial charge in [0.05, 0.1) is 0 Å². The summed E-state index contributed by atoms with van der Waals surface area (Å²) in [5.74, 6) is 0.828. The Morgan fingerprint density at radius 1 is 1.64 bits per heavy atom. The summed E-state index contributed by atoms with van der Waals surface area (Å²) in [5.41, 5.74) is 0. The molecule has 1 saturated heterocycles. The number of aromatic nitrogens is 3. The summed E-state index contributed by atoms with van der Waals surface area (Å²) in [6, 6.07) is 0. The van der Waals surface area contributed by atoms with E-state index in [0.29, 0.717) is 4.73 Å². The largest absolute Gasteiger partial charge is 0.370 e. The number of aromatic amines is 1. The normalized spacial score (nSPS) is 24.3. The Morgan fingerprint density at radius 3 is 3.09 bits per heavy atom. The molecule has 0 amide bonds. The molecule has 2 heterocycles. The second kappa shape index (κ2) is 2.91. The fourth-order valence-electron chi connectivity index (χ4n) is 1.19. The zero-order valence-corrected chi connectivity index (χ0v) is 7.47. The van der Waals surface area contributed by atoms with Gasteiger partial charge in [-0.15, -0.1) is 5.10 Å². The zero-order chi connectivity index (χ0) is 7.68. The van der Waals surface area contributed by atoms with Crippen molar-refractivity contribution in [2.24, 2.45) is 0 Å². The minimum Gasteiger partial charge on any atom is -0.370 e. The molecule has 1 aliphatic rings. The number of nitrogens with zero attached hydrogens (tertiary/aromatic N) is 2. The van der Waals surface area contributed by atoms with Gasteiger partial charge in [-0.1, -0.05) is 0 Å². The predicted molar refractivity (Wildman–Crippen MR) is 42.0 cm³/mol. The molecule has 0 unspecified atom stereocenters. The molecule has 4 nitrogen and oxygen atoms in total. The average molecular weight is 218 g/mol. The van der Waals surface area contributed by atoms with Crippen molar-refractivity contribution >= 4 is 15.9 Å². The lowest BCUT2D eigenvalue weighted by molar-refractivity contribution is 0.105. The number of H-pyrrole nitrogens is 1. The van der Waals surface area contributed by atoms with Gasteiger partial charge in [0.15, 0.2) is 5.82 Å². The van der Waals surface area contributed by atoms with Crippen molar-refractivity contribution < 1.29 is 4.74 Å². The van der Waals surface area contributed by atoms with E-state index in [9.17, 15) is 0 Å². The maximum atomic E-state index is 5.40. The highest BCUT2D eigenvalue weighted by atomic mass is 79.9. The lowest BCUT2D eigenvalue weighted by Crippen LogP contribution is -1.97. The van der Waals surface area contributed by atoms with Gasteiger partial charge in [-0.05, 0) is 28.8 Å². The van der Waals surface area contributed by atoms with Gasteiger partial charge in [0.25, 0.3) is 0 Å². The Kier molecular flexibility index (Phi) is 1.91. The first-order valence-corrected chi connectivity index (χ1v) is 4.35. The number of nitrogens with one attached hydrogen (secondary N) is 1. The number of halogens is 1. The van der Waals surface area contributed by atoms with Crippen molar-refractivity contribution in [3.05, 3.63) is 10.6 Å². The number of hydrogen-bond donors (Lipinski definition) is 1. The quantitative estimate of drug-likeness (QED) is 0.775. The standard InChI is InChI=1S/C6H8BrN3O/c7-6-8-5(9-10-6)4-2-1-3-11-4/h4H,1-3H2,(H,8,9,10)/t4-/m0/s1. The Labute approximate surface area is 72.5 Å². The predicted octanol–water partition coefficient (Wildman–Crippen LogP) is 1.42. The van der Waals surface area contributed by atoms with Crippen LogP contribution in [0.2, 0.25) is 0 Å². The second-order valence-electron chi connectivity index (χ2n) is 2.49. The first-order chi connectivity index (χ1) is 5.36. The molecular formula is C6H8BrN3O. The van der Waals surface area contributed by atoms with Gasteiger partial charge in [0.1, 0.15) is 6.10 Å². The smallest absolute Gasteiger partial charge is 0.217 e. The van der Waals surface area contributed by atoms with Gasteiger partial charge in [-0.3, -0.25) is 5.10 Å². The molecule has 0 spiro atoms. The van der Waals surface area contributed by atoms with E-state index < -0.39 is 0 Å². The van der Waals surface area contributed by atoms with Crippen molar-refractivity contribution in [3.63, 3.8) is 0 Å². The average Bonchev–Trinajstić information content (AvgIpc) is 2.55. The first kappa shape index (κ1) is 7.24. The molecule has 60 valence electrons. The highest BCUT2D eigenvalue weighted by Gasteiger charge is 2.20. The third-order valence-electron chi connectivity index (χ3n) is 1.71. The molecule has 1 aromatic rings. The molecule has 0 saturated carbocycles. The van der Waals surface area contributed by atoms with Gasteiger partial charge in [0.2, 0.25) is 4.73 Å². The molecule has 0 aliphatic carbocycles. The van der Waals surface area contributed by atoms with E-state index in [4.69, 9.17) is 4.74 Å². The van der Waals surface area contributed by atoms with Gasteiger partial charge in [-0.25, -0.2) is 4.98 Å². The zero-order valence-electron chi connectivity index (χ0n) is 5.88. The van der Waals surface area contributed by atoms with E-state index in [1.54, 1.807) is 0 Å². The topological polar surface area (TPSA) is 50.8 Å². The van der Waals surface area contributed by atoms with E-state index in [1.807, 2.05) is 0 Å². The lowest BCUT2D eigenvalue weighted by atomic mass is 10.2. The summed E-state index contributed by atoms with van der Waals surface area (Å²) in [6.45, 7) is 0.836. The Balaban J connectivity index is 2.15. The SMILES string of the molecule is Brc1n[nH]c([C@@H]2CCCO2)n1. The summed E-state index contributed by atoms with van der Waals surface area (Å²) in [7, 11) is 0. The molecule has 11 heavy (non-hydrogen) atoms. The first-order valence-electron chi connectivity index (χ1n) is 3.55. The van der Waals surface area contributed by atoms with Crippen molar-refractivity contribution in [1.29, 1.82) is 0 Å². The molecule has 1 aliphatic heterocycles. The Hall–Kier alpha value is -0.420. The van der Waals surface area contributed by atoms with E-state index in [0.717, 1.165) is 25.3 Å². The van der Waals surface area contributed by atoms with Crippen LogP contribution in [0.3, 0.4) is 0 Å². The molecule has 0 bridgehead atoms. The van der Waals surface area contributed by atoms with Crippen LogP contribution >= 0.6 is 15.9 Å². The maximum absolute atomic E-state index is 5.40. The van der Waals surface area contributed by atoms with Gasteiger partial charge < -0.3 is 4.74 Å². The summed E-state index contributed by atoms with van der Waals surface area (Å²) < 4.78 is 6.00. The van der Waals surface area contributed by atoms with Crippen molar-refractivity contribution in [2.75, 3.05) is 6.61 Å². The van der Waals surface area contributed by atoms with Gasteiger partial charge >= 0.3 is 0 Å². The Bertz CT molecular complexity index is 244. The Morgan fingerprint density at radius 2 is 2.55 bits per heavy atom. The third kappa shape index (κ3) is 1.44. The van der Waals surface area contributed by atoms with E-state index >= 15 is 0 Å². The molecule has 5 heteroatoms. The monoisotopic (exact) mass is 217 g/mol. The van der Waals surface area contributed by atoms with Crippen LogP contribution in [0.4, 0.5) is 0 Å². The minimum absolute atomic E-state index is 0.133. The molecule has 1 fully saturated rings. The number of hydrogen-bond acceptors (Lipinski definition) is 3. The molecule has 0 radical (unpaired) electrons. The number of ether oxygens (including phenoxy) is 1. The lowest BCUT2D eigenvalue weighted by Gasteiger charge is -2.02. The van der Waals surface area contributed by atoms with Crippen LogP contribution in [0.5, 0.6) is 0 Å². The highest BCUT2D eigenvalue weighted by Crippen LogP contribution is 2.25. The summed E-state index contributed by atoms with van der Waals surface area (Å²) in [5, 5.41) is 6.68. The summed E-state index contributed by atoms with van der Waals surface area (Å²) >= 11 is 3.17. The second-order valence-corrected chi connectivity index (χ2v) is 3.20. The summed E-state index contributed by atoms with van der Waals surface area (Å²) in [6.07, 6.45) is 2.29. The summed E-state index contributed by atoms with van der Waals surface area (Å²) in [4.78, 5) is 4.12. The van der Waals surface area contributed by atoms with E-state index in [1.165, 1.54) is 0 Å². The van der Waals surface area contributed by atoms with Crippen molar-refractivity contribution in [3.8, 4) is 0 Å². The fraction of sp³-hybridized carbons (Fsp3) is 0.667. The van der Waals surface area contributed by atoms with Crippen molar-refractivity contribution in [2.45, 2.75) is 18.9 Å². The third-order valence-corrected chi connectivity index (χ3v) is 2.06. The van der Waals surface area contributed by atoms with Crippen LogP contribution in [-0.2, 0) is 4.74 Å². The number of rotatable bonds is 1. The van der Waals surface area contributed by atoms with Crippen molar-refractivity contribution in [1.82, 2.24) is 15.2 Å². The van der Waals surface area contributed by atoms with Gasteiger partial charge in [0, 0.05) is 6.61 Å². The van der Waals surface area contributed by atoms with Crippen LogP contribution in [0.1, 0.15) is 24.8 Å². The van der Waals surface area contributed by atoms with Crippen LogP contribution in [0.25, 0.3) is 0 Å². The minimum atomic E-state index is 0.133. The van der Waals surface area contributed by atoms with E-state index in [-0.39, 0.29) is 6.10 Å². The fourth-order valence-corrected chi connectivity index (χ4v) is 1.47. The van der Waals surface area contributed by atoms with E-state index in [2.05, 4.69) is 31.1 Å². The van der Waals surface area contributed by atoms with Crippen LogP contribution in [0, 0.1) is 0 Å².